The molecule has 2 aromatic carbocycles. The predicted octanol–water partition coefficient (Wildman–Crippen LogP) is 2.36. The van der Waals surface area contributed by atoms with Crippen LogP contribution in [0, 0.1) is 10.1 Å². The summed E-state index contributed by atoms with van der Waals surface area (Å²) in [4.78, 5) is 21.7. The van der Waals surface area contributed by atoms with Gasteiger partial charge in [0.2, 0.25) is 0 Å². The highest BCUT2D eigenvalue weighted by Crippen LogP contribution is 2.27. The van der Waals surface area contributed by atoms with Crippen molar-refractivity contribution >= 4 is 27.4 Å². The lowest BCUT2D eigenvalue weighted by molar-refractivity contribution is -0.385. The molecule has 0 fully saturated rings. The Labute approximate surface area is 156 Å². The zero-order chi connectivity index (χ0) is 20.0. The highest BCUT2D eigenvalue weighted by Gasteiger charge is 2.29. The Morgan fingerprint density at radius 1 is 1.19 bits per heavy atom. The zero-order valence-electron chi connectivity index (χ0n) is 14.7. The smallest absolute Gasteiger partial charge is 0.326 e. The largest absolute Gasteiger partial charge is 0.494 e. The van der Waals surface area contributed by atoms with Gasteiger partial charge >= 0.3 is 5.97 Å². The fourth-order valence-corrected chi connectivity index (χ4v) is 3.71. The number of hydrogen-bond acceptors (Lipinski definition) is 7. The molecule has 0 bridgehead atoms. The molecular formula is C17H18N2O7S. The number of ether oxygens (including phenoxy) is 2. The van der Waals surface area contributed by atoms with Gasteiger partial charge in [0, 0.05) is 12.1 Å². The number of nitrogens with zero attached hydrogens (tertiary/aromatic N) is 2. The molecule has 2 rings (SSSR count). The summed E-state index contributed by atoms with van der Waals surface area (Å²) in [5.74, 6) is -0.245. The summed E-state index contributed by atoms with van der Waals surface area (Å²) >= 11 is 0. The van der Waals surface area contributed by atoms with Crippen molar-refractivity contribution in [3.8, 4) is 5.75 Å². The van der Waals surface area contributed by atoms with Crippen molar-refractivity contribution in [1.82, 2.24) is 0 Å². The normalized spacial score (nSPS) is 10.9. The molecule has 144 valence electrons. The third kappa shape index (κ3) is 4.73. The van der Waals surface area contributed by atoms with E-state index in [4.69, 9.17) is 4.74 Å². The van der Waals surface area contributed by atoms with Gasteiger partial charge in [-0.15, -0.1) is 0 Å². The molecule has 0 unspecified atom stereocenters. The Bertz CT molecular complexity index is 927. The number of nitro benzene ring substituents is 1. The van der Waals surface area contributed by atoms with Crippen LogP contribution in [-0.4, -0.2) is 39.6 Å². The number of benzene rings is 2. The maximum atomic E-state index is 13.0. The van der Waals surface area contributed by atoms with E-state index in [1.54, 1.807) is 12.1 Å². The minimum Gasteiger partial charge on any atom is -0.494 e. The molecule has 2 aromatic rings. The highest BCUT2D eigenvalue weighted by molar-refractivity contribution is 7.92. The monoisotopic (exact) mass is 394 g/mol. The topological polar surface area (TPSA) is 116 Å². The number of hydrogen-bond donors (Lipinski definition) is 0. The predicted molar refractivity (Wildman–Crippen MR) is 97.3 cm³/mol. The van der Waals surface area contributed by atoms with Gasteiger partial charge in [0.1, 0.15) is 12.3 Å². The summed E-state index contributed by atoms with van der Waals surface area (Å²) in [5.41, 5.74) is -0.184. The van der Waals surface area contributed by atoms with E-state index in [9.17, 15) is 23.3 Å². The molecule has 0 spiro atoms. The van der Waals surface area contributed by atoms with Gasteiger partial charge in [-0.25, -0.2) is 8.42 Å². The van der Waals surface area contributed by atoms with Crippen molar-refractivity contribution in [3.63, 3.8) is 0 Å². The van der Waals surface area contributed by atoms with Crippen LogP contribution in [-0.2, 0) is 19.6 Å². The first kappa shape index (κ1) is 20.2. The van der Waals surface area contributed by atoms with Crippen LogP contribution in [0.2, 0.25) is 0 Å². The Balaban J connectivity index is 2.50. The van der Waals surface area contributed by atoms with Gasteiger partial charge in [0.25, 0.3) is 15.7 Å². The molecule has 27 heavy (non-hydrogen) atoms. The van der Waals surface area contributed by atoms with Gasteiger partial charge in [-0.1, -0.05) is 6.07 Å². The Morgan fingerprint density at radius 2 is 1.85 bits per heavy atom. The number of esters is 1. The van der Waals surface area contributed by atoms with E-state index in [-0.39, 0.29) is 16.3 Å². The summed E-state index contributed by atoms with van der Waals surface area (Å²) in [5, 5.41) is 11.0. The van der Waals surface area contributed by atoms with Crippen LogP contribution in [0.1, 0.15) is 6.92 Å². The standard InChI is InChI=1S/C17H18N2O7S/c1-3-26-15-9-7-13(8-10-15)18(12-17(20)25-2)27(23,24)16-6-4-5-14(11-16)19(21)22/h4-11H,3,12H2,1-2H3. The molecule has 0 aliphatic rings. The molecule has 9 nitrogen and oxygen atoms in total. The fraction of sp³-hybridized carbons (Fsp3) is 0.235. The minimum absolute atomic E-state index is 0.190. The number of methoxy groups -OCH3 is 1. The number of carbonyl (C=O) groups is 1. The lowest BCUT2D eigenvalue weighted by Gasteiger charge is -2.23. The first-order chi connectivity index (χ1) is 12.8. The molecule has 0 N–H and O–H groups in total. The molecule has 0 saturated heterocycles. The van der Waals surface area contributed by atoms with Crippen LogP contribution in [0.15, 0.2) is 53.4 Å². The molecule has 0 radical (unpaired) electrons. The summed E-state index contributed by atoms with van der Waals surface area (Å²) in [7, 11) is -3.12. The SMILES string of the molecule is CCOc1ccc(N(CC(=O)OC)S(=O)(=O)c2cccc([N+](=O)[O-])c2)cc1. The molecule has 0 amide bonds. The fourth-order valence-electron chi connectivity index (χ4n) is 2.26. The molecule has 0 heterocycles. The zero-order valence-corrected chi connectivity index (χ0v) is 15.5. The molecule has 0 aliphatic heterocycles. The van der Waals surface area contributed by atoms with Crippen molar-refractivity contribution in [3.05, 3.63) is 58.6 Å². The number of nitro groups is 1. The summed E-state index contributed by atoms with van der Waals surface area (Å²) in [6, 6.07) is 10.7. The number of anilines is 1. The van der Waals surface area contributed by atoms with Gasteiger partial charge in [-0.05, 0) is 37.3 Å². The van der Waals surface area contributed by atoms with Crippen molar-refractivity contribution in [2.75, 3.05) is 24.6 Å². The number of sulfonamides is 1. The second kappa shape index (κ2) is 8.49. The lowest BCUT2D eigenvalue weighted by atomic mass is 10.3. The number of carbonyl (C=O) groups excluding carboxylic acids is 1. The van der Waals surface area contributed by atoms with Crippen LogP contribution in [0.5, 0.6) is 5.75 Å². The molecule has 0 aliphatic carbocycles. The van der Waals surface area contributed by atoms with Crippen molar-refractivity contribution < 1.29 is 27.6 Å². The second-order valence-electron chi connectivity index (χ2n) is 5.27. The molecular weight excluding hydrogens is 376 g/mol. The quantitative estimate of drug-likeness (QED) is 0.383. The van der Waals surface area contributed by atoms with Crippen LogP contribution in [0.25, 0.3) is 0 Å². The molecule has 0 atom stereocenters. The average Bonchev–Trinajstić information content (AvgIpc) is 2.67. The summed E-state index contributed by atoms with van der Waals surface area (Å²) < 4.78 is 36.8. The molecule has 0 saturated carbocycles. The maximum Gasteiger partial charge on any atom is 0.326 e. The Kier molecular flexibility index (Phi) is 6.35. The van der Waals surface area contributed by atoms with E-state index in [1.807, 2.05) is 6.92 Å². The average molecular weight is 394 g/mol. The highest BCUT2D eigenvalue weighted by atomic mass is 32.2. The van der Waals surface area contributed by atoms with Gasteiger partial charge in [0.05, 0.1) is 29.2 Å². The second-order valence-corrected chi connectivity index (χ2v) is 7.13. The van der Waals surface area contributed by atoms with Crippen molar-refractivity contribution in [1.29, 1.82) is 0 Å². The Morgan fingerprint density at radius 3 is 2.41 bits per heavy atom. The van der Waals surface area contributed by atoms with E-state index in [1.165, 1.54) is 30.3 Å². The number of rotatable bonds is 8. The third-order valence-corrected chi connectivity index (χ3v) is 5.32. The summed E-state index contributed by atoms with van der Waals surface area (Å²) in [6.07, 6.45) is 0. The van der Waals surface area contributed by atoms with Gasteiger partial charge in [0.15, 0.2) is 0 Å². The maximum absolute atomic E-state index is 13.0. The minimum atomic E-state index is -4.25. The van der Waals surface area contributed by atoms with E-state index in [2.05, 4.69) is 4.74 Å². The van der Waals surface area contributed by atoms with Gasteiger partial charge in [-0.2, -0.15) is 0 Å². The third-order valence-electron chi connectivity index (χ3n) is 3.55. The molecule has 0 aromatic heterocycles. The lowest BCUT2D eigenvalue weighted by Crippen LogP contribution is -2.36. The van der Waals surface area contributed by atoms with Gasteiger partial charge in [-0.3, -0.25) is 19.2 Å². The van der Waals surface area contributed by atoms with Gasteiger partial charge < -0.3 is 9.47 Å². The molecule has 10 heteroatoms. The summed E-state index contributed by atoms with van der Waals surface area (Å²) in [6.45, 7) is 1.66. The number of non-ortho nitro benzene ring substituents is 1. The van der Waals surface area contributed by atoms with Crippen LogP contribution >= 0.6 is 0 Å². The van der Waals surface area contributed by atoms with Crippen LogP contribution in [0.3, 0.4) is 0 Å². The van der Waals surface area contributed by atoms with Crippen molar-refractivity contribution in [2.45, 2.75) is 11.8 Å². The first-order valence-corrected chi connectivity index (χ1v) is 9.30. The van der Waals surface area contributed by atoms with E-state index < -0.39 is 27.5 Å². The van der Waals surface area contributed by atoms with Crippen molar-refractivity contribution in [2.24, 2.45) is 0 Å². The first-order valence-electron chi connectivity index (χ1n) is 7.86. The Hall–Kier alpha value is -3.14. The van der Waals surface area contributed by atoms with E-state index in [0.29, 0.717) is 12.4 Å². The van der Waals surface area contributed by atoms with Crippen LogP contribution < -0.4 is 9.04 Å². The van der Waals surface area contributed by atoms with Crippen LogP contribution in [0.4, 0.5) is 11.4 Å². The van der Waals surface area contributed by atoms with E-state index >= 15 is 0 Å². The van der Waals surface area contributed by atoms with E-state index in [0.717, 1.165) is 17.5 Å².